The summed E-state index contributed by atoms with van der Waals surface area (Å²) in [4.78, 5) is 24.9. The number of rotatable bonds is 2. The van der Waals surface area contributed by atoms with Crippen LogP contribution in [0.25, 0.3) is 0 Å². The van der Waals surface area contributed by atoms with Crippen LogP contribution in [0.3, 0.4) is 0 Å². The third-order valence-corrected chi connectivity index (χ3v) is 2.82. The Balaban J connectivity index is 0.000000411. The molecule has 1 rings (SSSR count). The summed E-state index contributed by atoms with van der Waals surface area (Å²) in [5.74, 6) is -0.963. The van der Waals surface area contributed by atoms with Gasteiger partial charge < -0.3 is 20.6 Å². The van der Waals surface area contributed by atoms with Gasteiger partial charge in [0.2, 0.25) is 0 Å². The van der Waals surface area contributed by atoms with Gasteiger partial charge in [0.15, 0.2) is 0 Å². The highest BCUT2D eigenvalue weighted by atomic mass is 16.4. The van der Waals surface area contributed by atoms with Gasteiger partial charge in [0.05, 0.1) is 0 Å². The maximum absolute atomic E-state index is 11.6. The fraction of sp³-hybridized carbons (Fsp3) is 0.833. The van der Waals surface area contributed by atoms with Crippen LogP contribution < -0.4 is 5.73 Å². The van der Waals surface area contributed by atoms with E-state index < -0.39 is 12.0 Å². The fourth-order valence-electron chi connectivity index (χ4n) is 1.46. The van der Waals surface area contributed by atoms with Crippen molar-refractivity contribution >= 4 is 12.0 Å². The monoisotopic (exact) mass is 259 g/mol. The van der Waals surface area contributed by atoms with E-state index in [-0.39, 0.29) is 6.03 Å². The number of hydrogen-bond donors (Lipinski definition) is 2. The molecule has 0 saturated carbocycles. The van der Waals surface area contributed by atoms with Gasteiger partial charge in [0.25, 0.3) is 0 Å². The molecule has 0 aromatic heterocycles. The lowest BCUT2D eigenvalue weighted by atomic mass is 10.1. The topological polar surface area (TPSA) is 86.9 Å². The van der Waals surface area contributed by atoms with Crippen molar-refractivity contribution in [1.82, 2.24) is 9.80 Å². The second-order valence-electron chi connectivity index (χ2n) is 4.47. The minimum absolute atomic E-state index is 0.192. The fourth-order valence-corrected chi connectivity index (χ4v) is 1.46. The molecule has 106 valence electrons. The molecule has 1 fully saturated rings. The molecule has 2 amide bonds. The Morgan fingerprint density at radius 1 is 1.33 bits per heavy atom. The zero-order valence-electron chi connectivity index (χ0n) is 11.6. The number of piperidine rings is 1. The summed E-state index contributed by atoms with van der Waals surface area (Å²) in [7, 11) is 1.86. The maximum atomic E-state index is 11.6. The molecule has 0 aromatic carbocycles. The van der Waals surface area contributed by atoms with Crippen molar-refractivity contribution in [3.05, 3.63) is 0 Å². The highest BCUT2D eigenvalue weighted by Crippen LogP contribution is 2.10. The predicted octanol–water partition coefficient (Wildman–Crippen LogP) is 0.962. The van der Waals surface area contributed by atoms with Crippen LogP contribution in [0.5, 0.6) is 0 Å². The third kappa shape index (κ3) is 6.44. The highest BCUT2D eigenvalue weighted by Gasteiger charge is 2.18. The third-order valence-electron chi connectivity index (χ3n) is 2.82. The Kier molecular flexibility index (Phi) is 8.11. The molecule has 0 bridgehead atoms. The molecule has 1 aliphatic rings. The summed E-state index contributed by atoms with van der Waals surface area (Å²) in [6, 6.07) is -0.540. The lowest BCUT2D eigenvalue weighted by Crippen LogP contribution is -2.43. The van der Waals surface area contributed by atoms with Crippen molar-refractivity contribution in [2.75, 3.05) is 26.7 Å². The summed E-state index contributed by atoms with van der Waals surface area (Å²) < 4.78 is 0. The molecular weight excluding hydrogens is 234 g/mol. The number of nitrogens with two attached hydrogens (primary N) is 1. The number of amides is 2. The van der Waals surface area contributed by atoms with Crippen molar-refractivity contribution in [1.29, 1.82) is 0 Å². The molecule has 6 nitrogen and oxygen atoms in total. The number of carboxylic acid groups (broad SMARTS) is 1. The molecule has 18 heavy (non-hydrogen) atoms. The average Bonchev–Trinajstić information content (AvgIpc) is 2.38. The number of nitrogens with zero attached hydrogens (tertiary/aromatic N) is 2. The number of carboxylic acids is 1. The highest BCUT2D eigenvalue weighted by molar-refractivity contribution is 5.74. The molecule has 0 spiro atoms. The minimum atomic E-state index is -0.963. The molecule has 1 saturated heterocycles. The molecule has 1 aliphatic heterocycles. The van der Waals surface area contributed by atoms with E-state index >= 15 is 0 Å². The molecule has 0 aromatic rings. The Morgan fingerprint density at radius 3 is 2.11 bits per heavy atom. The normalized spacial score (nSPS) is 16.3. The van der Waals surface area contributed by atoms with Crippen LogP contribution in [0.1, 0.15) is 33.1 Å². The number of aliphatic carboxylic acids is 1. The number of carbonyl (C=O) groups is 2. The van der Waals surface area contributed by atoms with Gasteiger partial charge >= 0.3 is 12.0 Å². The van der Waals surface area contributed by atoms with E-state index in [2.05, 4.69) is 0 Å². The Hall–Kier alpha value is -1.30. The number of likely N-dealkylation sites (tertiary alicyclic amines) is 1. The smallest absolute Gasteiger partial charge is 0.320 e. The summed E-state index contributed by atoms with van der Waals surface area (Å²) in [6.45, 7) is 6.12. The van der Waals surface area contributed by atoms with Crippen molar-refractivity contribution < 1.29 is 14.7 Å². The second kappa shape index (κ2) is 8.74. The van der Waals surface area contributed by atoms with E-state index in [0.717, 1.165) is 19.6 Å². The van der Waals surface area contributed by atoms with Gasteiger partial charge in [0.1, 0.15) is 6.04 Å². The maximum Gasteiger partial charge on any atom is 0.320 e. The molecule has 1 atom stereocenters. The van der Waals surface area contributed by atoms with Crippen molar-refractivity contribution in [2.24, 2.45) is 5.73 Å². The predicted molar refractivity (Wildman–Crippen MR) is 70.4 cm³/mol. The van der Waals surface area contributed by atoms with Crippen molar-refractivity contribution in [2.45, 2.75) is 39.2 Å². The quantitative estimate of drug-likeness (QED) is 0.773. The van der Waals surface area contributed by atoms with Crippen molar-refractivity contribution in [3.8, 4) is 0 Å². The minimum Gasteiger partial charge on any atom is -0.480 e. The first-order valence-electron chi connectivity index (χ1n) is 6.38. The van der Waals surface area contributed by atoms with E-state index in [0.29, 0.717) is 0 Å². The molecule has 3 N–H and O–H groups in total. The number of urea groups is 1. The van der Waals surface area contributed by atoms with Gasteiger partial charge in [-0.15, -0.1) is 0 Å². The van der Waals surface area contributed by atoms with Gasteiger partial charge in [-0.25, -0.2) is 4.79 Å². The van der Waals surface area contributed by atoms with Crippen molar-refractivity contribution in [3.63, 3.8) is 0 Å². The zero-order chi connectivity index (χ0) is 14.1. The van der Waals surface area contributed by atoms with Crippen LogP contribution in [0.2, 0.25) is 0 Å². The number of carbonyl (C=O) groups excluding carboxylic acids is 1. The van der Waals surface area contributed by atoms with E-state index in [1.165, 1.54) is 26.2 Å². The van der Waals surface area contributed by atoms with E-state index in [9.17, 15) is 9.59 Å². The SMILES string of the molecule is CCN(C)C(=O)N1CCCCC1.C[C@H](N)C(=O)O. The van der Waals surface area contributed by atoms with Gasteiger partial charge in [-0.2, -0.15) is 0 Å². The largest absolute Gasteiger partial charge is 0.480 e. The van der Waals surface area contributed by atoms with Crippen LogP contribution in [0, 0.1) is 0 Å². The Bertz CT molecular complexity index is 263. The number of hydrogen-bond acceptors (Lipinski definition) is 3. The van der Waals surface area contributed by atoms with Crippen LogP contribution in [-0.2, 0) is 4.79 Å². The van der Waals surface area contributed by atoms with Gasteiger partial charge in [-0.1, -0.05) is 0 Å². The molecule has 6 heteroatoms. The molecular formula is C12H25N3O3. The summed E-state index contributed by atoms with van der Waals surface area (Å²) >= 11 is 0. The summed E-state index contributed by atoms with van der Waals surface area (Å²) in [6.07, 6.45) is 3.62. The van der Waals surface area contributed by atoms with Crippen LogP contribution in [-0.4, -0.2) is 59.6 Å². The Labute approximate surface area is 109 Å². The zero-order valence-corrected chi connectivity index (χ0v) is 11.6. The summed E-state index contributed by atoms with van der Waals surface area (Å²) in [5, 5.41) is 7.87. The van der Waals surface area contributed by atoms with Gasteiger partial charge in [-0.05, 0) is 33.1 Å². The van der Waals surface area contributed by atoms with E-state index in [4.69, 9.17) is 10.8 Å². The van der Waals surface area contributed by atoms with Crippen LogP contribution >= 0.6 is 0 Å². The lowest BCUT2D eigenvalue weighted by molar-refractivity contribution is -0.138. The second-order valence-corrected chi connectivity index (χ2v) is 4.47. The first-order chi connectivity index (χ1) is 8.40. The van der Waals surface area contributed by atoms with Crippen LogP contribution in [0.15, 0.2) is 0 Å². The first kappa shape index (κ1) is 16.7. The summed E-state index contributed by atoms with van der Waals surface area (Å²) in [5.41, 5.74) is 4.84. The Morgan fingerprint density at radius 2 is 1.78 bits per heavy atom. The average molecular weight is 259 g/mol. The molecule has 1 heterocycles. The molecule has 0 radical (unpaired) electrons. The van der Waals surface area contributed by atoms with Gasteiger partial charge in [-0.3, -0.25) is 4.79 Å². The van der Waals surface area contributed by atoms with E-state index in [1.54, 1.807) is 4.90 Å². The van der Waals surface area contributed by atoms with Crippen LogP contribution in [0.4, 0.5) is 4.79 Å². The first-order valence-corrected chi connectivity index (χ1v) is 6.38. The van der Waals surface area contributed by atoms with E-state index in [1.807, 2.05) is 18.9 Å². The van der Waals surface area contributed by atoms with Gasteiger partial charge in [0, 0.05) is 26.7 Å². The molecule has 0 unspecified atom stereocenters. The molecule has 0 aliphatic carbocycles. The standard InChI is InChI=1S/C9H18N2O.C3H7NO2/c1-3-10(2)9(12)11-7-5-4-6-8-11;1-2(4)3(5)6/h3-8H2,1-2H3;2H,4H2,1H3,(H,5,6)/t;2-/m.0/s1. The lowest BCUT2D eigenvalue weighted by Gasteiger charge is -2.30.